The number of aliphatic imine (C=N–C) groups is 1. The van der Waals surface area contributed by atoms with Gasteiger partial charge in [-0.05, 0) is 65.8 Å². The van der Waals surface area contributed by atoms with Crippen LogP contribution in [0.5, 0.6) is 5.75 Å². The zero-order valence-corrected chi connectivity index (χ0v) is 19.2. The van der Waals surface area contributed by atoms with Gasteiger partial charge in [0.15, 0.2) is 0 Å². The molecule has 0 unspecified atom stereocenters. The van der Waals surface area contributed by atoms with Gasteiger partial charge < -0.3 is 5.11 Å². The molecular weight excluding hydrogens is 380 g/mol. The van der Waals surface area contributed by atoms with Crippen molar-refractivity contribution in [1.82, 2.24) is 4.90 Å². The predicted molar refractivity (Wildman–Crippen MR) is 131 cm³/mol. The summed E-state index contributed by atoms with van der Waals surface area (Å²) in [5.41, 5.74) is 4.22. The molecule has 3 aromatic carbocycles. The topological polar surface area (TPSA) is 35.8 Å². The number of hydrogen-bond acceptors (Lipinski definition) is 3. The molecule has 1 N–H and O–H groups in total. The zero-order chi connectivity index (χ0) is 22.0. The van der Waals surface area contributed by atoms with Crippen molar-refractivity contribution in [2.24, 2.45) is 4.99 Å². The molecular formula is C28H34N2O. The first kappa shape index (κ1) is 21.6. The van der Waals surface area contributed by atoms with Crippen molar-refractivity contribution in [3.63, 3.8) is 0 Å². The fourth-order valence-electron chi connectivity index (χ4n) is 4.63. The van der Waals surface area contributed by atoms with Crippen molar-refractivity contribution >= 4 is 17.0 Å². The second kappa shape index (κ2) is 8.84. The fourth-order valence-corrected chi connectivity index (χ4v) is 4.63. The molecule has 0 bridgehead atoms. The molecule has 1 atom stereocenters. The Bertz CT molecular complexity index is 1090. The van der Waals surface area contributed by atoms with E-state index < -0.39 is 0 Å². The number of fused-ring (bicyclic) bond motifs is 1. The Kier molecular flexibility index (Phi) is 6.15. The highest BCUT2D eigenvalue weighted by Crippen LogP contribution is 2.33. The van der Waals surface area contributed by atoms with Gasteiger partial charge in [-0.1, -0.05) is 63.2 Å². The molecule has 4 rings (SSSR count). The molecule has 3 heteroatoms. The fraction of sp³-hybridized carbons (Fsp3) is 0.393. The summed E-state index contributed by atoms with van der Waals surface area (Å²) in [5.74, 6) is 0.362. The molecule has 0 aliphatic carbocycles. The maximum absolute atomic E-state index is 10.8. The van der Waals surface area contributed by atoms with Crippen molar-refractivity contribution < 1.29 is 5.11 Å². The molecule has 31 heavy (non-hydrogen) atoms. The van der Waals surface area contributed by atoms with Gasteiger partial charge in [-0.25, -0.2) is 0 Å². The number of nitrogens with zero attached hydrogens (tertiary/aromatic N) is 2. The molecule has 3 aromatic rings. The summed E-state index contributed by atoms with van der Waals surface area (Å²) in [7, 11) is 0. The number of hydrogen-bond donors (Lipinski definition) is 1. The molecule has 0 radical (unpaired) electrons. The zero-order valence-electron chi connectivity index (χ0n) is 19.2. The van der Waals surface area contributed by atoms with Crippen LogP contribution in [0.3, 0.4) is 0 Å². The van der Waals surface area contributed by atoms with Crippen LogP contribution in [-0.2, 0) is 12.0 Å². The van der Waals surface area contributed by atoms with Gasteiger partial charge >= 0.3 is 0 Å². The lowest BCUT2D eigenvalue weighted by Crippen LogP contribution is -2.31. The molecule has 1 aliphatic heterocycles. The Morgan fingerprint density at radius 3 is 2.61 bits per heavy atom. The lowest BCUT2D eigenvalue weighted by Gasteiger charge is -2.23. The van der Waals surface area contributed by atoms with Crippen molar-refractivity contribution in [2.75, 3.05) is 13.1 Å². The highest BCUT2D eigenvalue weighted by molar-refractivity contribution is 5.85. The highest BCUT2D eigenvalue weighted by Gasteiger charge is 2.24. The first-order valence-electron chi connectivity index (χ1n) is 11.4. The van der Waals surface area contributed by atoms with E-state index in [1.807, 2.05) is 12.3 Å². The average molecular weight is 415 g/mol. The van der Waals surface area contributed by atoms with E-state index in [0.717, 1.165) is 36.3 Å². The largest absolute Gasteiger partial charge is 0.507 e. The third-order valence-electron chi connectivity index (χ3n) is 6.34. The summed E-state index contributed by atoms with van der Waals surface area (Å²) < 4.78 is 0. The van der Waals surface area contributed by atoms with Gasteiger partial charge in [-0.2, -0.15) is 0 Å². The van der Waals surface area contributed by atoms with Crippen molar-refractivity contribution in [1.29, 1.82) is 0 Å². The summed E-state index contributed by atoms with van der Waals surface area (Å²) >= 11 is 0. The summed E-state index contributed by atoms with van der Waals surface area (Å²) in [5, 5.41) is 13.4. The Labute approximate surface area is 186 Å². The van der Waals surface area contributed by atoms with Crippen molar-refractivity contribution in [3.05, 3.63) is 76.9 Å². The Hall–Kier alpha value is -2.65. The minimum Gasteiger partial charge on any atom is -0.507 e. The van der Waals surface area contributed by atoms with Crippen LogP contribution in [0.25, 0.3) is 10.8 Å². The number of phenolic OH excluding ortho intramolecular Hbond substituents is 1. The summed E-state index contributed by atoms with van der Waals surface area (Å²) in [6.45, 7) is 11.3. The summed E-state index contributed by atoms with van der Waals surface area (Å²) in [6.07, 6.45) is 4.26. The molecule has 3 nitrogen and oxygen atoms in total. The van der Waals surface area contributed by atoms with E-state index in [2.05, 4.69) is 81.1 Å². The third kappa shape index (κ3) is 4.99. The van der Waals surface area contributed by atoms with Crippen LogP contribution in [0.15, 0.2) is 59.6 Å². The van der Waals surface area contributed by atoms with Crippen LogP contribution in [0, 0.1) is 6.92 Å². The van der Waals surface area contributed by atoms with E-state index in [1.54, 1.807) is 0 Å². The van der Waals surface area contributed by atoms with Gasteiger partial charge in [0, 0.05) is 29.9 Å². The maximum Gasteiger partial charge on any atom is 0.128 e. The van der Waals surface area contributed by atoms with Crippen molar-refractivity contribution in [3.8, 4) is 5.75 Å². The first-order valence-corrected chi connectivity index (χ1v) is 11.4. The molecule has 1 aliphatic rings. The van der Waals surface area contributed by atoms with E-state index in [4.69, 9.17) is 4.99 Å². The van der Waals surface area contributed by atoms with Crippen LogP contribution in [0.4, 0.5) is 0 Å². The molecule has 0 spiro atoms. The van der Waals surface area contributed by atoms with Crippen LogP contribution < -0.4 is 0 Å². The average Bonchev–Trinajstić information content (AvgIpc) is 3.16. The second-order valence-corrected chi connectivity index (χ2v) is 9.94. The molecule has 0 saturated carbocycles. The van der Waals surface area contributed by atoms with Gasteiger partial charge in [0.05, 0.1) is 6.54 Å². The van der Waals surface area contributed by atoms with Gasteiger partial charge in [0.1, 0.15) is 5.75 Å². The van der Waals surface area contributed by atoms with Gasteiger partial charge in [0.2, 0.25) is 0 Å². The smallest absolute Gasteiger partial charge is 0.128 e. The standard InChI is InChI=1S/C28H34N2O/c1-20-14-24(27(31)26(15-20)28(2,3)4)17-29-18-25-10-7-13-30(25)19-21-11-12-22-8-5-6-9-23(22)16-21/h5-6,8-9,11-12,14-17,25,31H,7,10,13,18-19H2,1-4H3/t25-/m0/s1. The maximum atomic E-state index is 10.8. The quantitative estimate of drug-likeness (QED) is 0.502. The Morgan fingerprint density at radius 1 is 1.06 bits per heavy atom. The lowest BCUT2D eigenvalue weighted by molar-refractivity contribution is 0.251. The molecule has 0 aromatic heterocycles. The first-order chi connectivity index (χ1) is 14.8. The minimum absolute atomic E-state index is 0.0964. The van der Waals surface area contributed by atoms with E-state index >= 15 is 0 Å². The van der Waals surface area contributed by atoms with Crippen LogP contribution >= 0.6 is 0 Å². The van der Waals surface area contributed by atoms with Gasteiger partial charge in [-0.15, -0.1) is 0 Å². The van der Waals surface area contributed by atoms with Crippen molar-refractivity contribution in [2.45, 2.75) is 58.5 Å². The number of benzene rings is 3. The van der Waals surface area contributed by atoms with Gasteiger partial charge in [-0.3, -0.25) is 9.89 Å². The minimum atomic E-state index is -0.0964. The highest BCUT2D eigenvalue weighted by atomic mass is 16.3. The molecule has 1 fully saturated rings. The van der Waals surface area contributed by atoms with E-state index in [0.29, 0.717) is 11.8 Å². The normalized spacial score (nSPS) is 17.7. The van der Waals surface area contributed by atoms with Crippen LogP contribution in [0.1, 0.15) is 55.9 Å². The van der Waals surface area contributed by atoms with Gasteiger partial charge in [0.25, 0.3) is 0 Å². The summed E-state index contributed by atoms with van der Waals surface area (Å²) in [4.78, 5) is 7.32. The predicted octanol–water partition coefficient (Wildman–Crippen LogP) is 6.23. The van der Waals surface area contributed by atoms with Crippen LogP contribution in [0.2, 0.25) is 0 Å². The SMILES string of the molecule is Cc1cc(C=NC[C@@H]2CCCN2Cc2ccc3ccccc3c2)c(O)c(C(C)(C)C)c1. The van der Waals surface area contributed by atoms with E-state index in [9.17, 15) is 5.11 Å². The Morgan fingerprint density at radius 2 is 1.84 bits per heavy atom. The molecule has 162 valence electrons. The third-order valence-corrected chi connectivity index (χ3v) is 6.34. The van der Waals surface area contributed by atoms with E-state index in [-0.39, 0.29) is 5.41 Å². The van der Waals surface area contributed by atoms with E-state index in [1.165, 1.54) is 29.2 Å². The number of phenols is 1. The number of aryl methyl sites for hydroxylation is 1. The summed E-state index contributed by atoms with van der Waals surface area (Å²) in [6, 6.07) is 19.9. The lowest BCUT2D eigenvalue weighted by atomic mass is 9.84. The molecule has 1 heterocycles. The second-order valence-electron chi connectivity index (χ2n) is 9.94. The van der Waals surface area contributed by atoms with Crippen LogP contribution in [-0.4, -0.2) is 35.4 Å². The Balaban J connectivity index is 1.45. The number of rotatable bonds is 5. The number of likely N-dealkylation sites (tertiary alicyclic amines) is 1. The monoisotopic (exact) mass is 414 g/mol. The molecule has 0 amide bonds. The molecule has 1 saturated heterocycles. The number of aromatic hydroxyl groups is 1.